The first-order valence-electron chi connectivity index (χ1n) is 6.85. The fourth-order valence-corrected chi connectivity index (χ4v) is 2.31. The van der Waals surface area contributed by atoms with Gasteiger partial charge in [-0.1, -0.05) is 32.0 Å². The summed E-state index contributed by atoms with van der Waals surface area (Å²) in [5.74, 6) is 0.408. The molecule has 0 atom stereocenters. The maximum absolute atomic E-state index is 12.5. The van der Waals surface area contributed by atoms with E-state index in [-0.39, 0.29) is 16.8 Å². The van der Waals surface area contributed by atoms with Crippen LogP contribution >= 0.6 is 0 Å². The highest BCUT2D eigenvalue weighted by Gasteiger charge is 2.12. The van der Waals surface area contributed by atoms with Gasteiger partial charge in [-0.25, -0.2) is 9.48 Å². The van der Waals surface area contributed by atoms with E-state index in [1.54, 1.807) is 30.3 Å². The molecule has 0 radical (unpaired) electrons. The number of hydrogen-bond donors (Lipinski definition) is 1. The molecular weight excluding hydrogens is 268 g/mol. The van der Waals surface area contributed by atoms with E-state index in [9.17, 15) is 9.59 Å². The van der Waals surface area contributed by atoms with Crippen molar-refractivity contribution in [3.63, 3.8) is 0 Å². The van der Waals surface area contributed by atoms with E-state index in [4.69, 9.17) is 0 Å². The lowest BCUT2D eigenvalue weighted by Gasteiger charge is -2.04. The van der Waals surface area contributed by atoms with Gasteiger partial charge >= 0.3 is 5.69 Å². The molecule has 0 spiro atoms. The van der Waals surface area contributed by atoms with Crippen molar-refractivity contribution in [3.8, 4) is 5.69 Å². The molecule has 0 bridgehead atoms. The van der Waals surface area contributed by atoms with E-state index < -0.39 is 0 Å². The predicted molar refractivity (Wildman–Crippen MR) is 80.0 cm³/mol. The molecule has 108 valence electrons. The molecule has 1 aromatic carbocycles. The summed E-state index contributed by atoms with van der Waals surface area (Å²) in [6.07, 6.45) is 0.728. The smallest absolute Gasteiger partial charge is 0.266 e. The molecule has 2 aromatic heterocycles. The topological polar surface area (TPSA) is 72.2 Å². The van der Waals surface area contributed by atoms with E-state index in [2.05, 4.69) is 24.0 Å². The van der Waals surface area contributed by atoms with Crippen LogP contribution in [0, 0.1) is 5.92 Å². The maximum Gasteiger partial charge on any atom is 0.368 e. The zero-order valence-electron chi connectivity index (χ0n) is 11.9. The lowest BCUT2D eigenvalue weighted by atomic mass is 10.1. The maximum atomic E-state index is 12.5. The molecule has 0 saturated heterocycles. The number of nitrogens with one attached hydrogen (secondary N) is 1. The molecule has 21 heavy (non-hydrogen) atoms. The summed E-state index contributed by atoms with van der Waals surface area (Å²) in [6, 6.07) is 10.6. The molecule has 0 fully saturated rings. The summed E-state index contributed by atoms with van der Waals surface area (Å²) >= 11 is 0. The molecule has 0 saturated carbocycles. The number of hydrogen-bond acceptors (Lipinski definition) is 3. The fourth-order valence-electron chi connectivity index (χ4n) is 2.31. The number of fused-ring (bicyclic) bond motifs is 1. The number of aromatic nitrogens is 4. The summed E-state index contributed by atoms with van der Waals surface area (Å²) in [5.41, 5.74) is 0.912. The van der Waals surface area contributed by atoms with Crippen molar-refractivity contribution in [2.24, 2.45) is 5.92 Å². The van der Waals surface area contributed by atoms with Crippen LogP contribution in [-0.2, 0) is 6.42 Å². The zero-order valence-corrected chi connectivity index (χ0v) is 11.9. The summed E-state index contributed by atoms with van der Waals surface area (Å²) in [5, 5.41) is 6.85. The summed E-state index contributed by atoms with van der Waals surface area (Å²) in [4.78, 5) is 24.6. The standard InChI is InChI=1S/C15H16N4O2/c1-10(2)8-11-9-13-14(20)17-18(15(21)19(13)16-11)12-6-4-3-5-7-12/h3-7,9-10H,8H2,1-2H3,(H,17,20). The van der Waals surface area contributed by atoms with E-state index in [0.29, 0.717) is 11.6 Å². The molecule has 3 aromatic rings. The van der Waals surface area contributed by atoms with E-state index in [1.807, 2.05) is 6.07 Å². The Morgan fingerprint density at radius 2 is 1.90 bits per heavy atom. The van der Waals surface area contributed by atoms with Crippen LogP contribution in [0.15, 0.2) is 46.0 Å². The number of rotatable bonds is 3. The molecule has 0 unspecified atom stereocenters. The number of H-pyrrole nitrogens is 1. The van der Waals surface area contributed by atoms with Crippen molar-refractivity contribution in [2.75, 3.05) is 0 Å². The minimum absolute atomic E-state index is 0.280. The SMILES string of the molecule is CC(C)Cc1cc2c(=O)[nH]n(-c3ccccc3)c(=O)n2n1. The van der Waals surface area contributed by atoms with Crippen LogP contribution in [0.25, 0.3) is 11.2 Å². The van der Waals surface area contributed by atoms with E-state index in [1.165, 1.54) is 9.20 Å². The van der Waals surface area contributed by atoms with Gasteiger partial charge in [0.15, 0.2) is 0 Å². The third kappa shape index (κ3) is 2.40. The Hall–Kier alpha value is -2.63. The molecule has 2 heterocycles. The Morgan fingerprint density at radius 3 is 2.57 bits per heavy atom. The van der Waals surface area contributed by atoms with Crippen molar-refractivity contribution >= 4 is 5.52 Å². The first-order chi connectivity index (χ1) is 10.1. The minimum atomic E-state index is -0.384. The van der Waals surface area contributed by atoms with Crippen molar-refractivity contribution < 1.29 is 0 Å². The van der Waals surface area contributed by atoms with Crippen molar-refractivity contribution in [3.05, 3.63) is 62.9 Å². The molecule has 6 nitrogen and oxygen atoms in total. The van der Waals surface area contributed by atoms with Crippen LogP contribution in [-0.4, -0.2) is 19.4 Å². The monoisotopic (exact) mass is 284 g/mol. The molecule has 0 amide bonds. The van der Waals surface area contributed by atoms with Gasteiger partial charge in [-0.05, 0) is 30.5 Å². The molecule has 1 N–H and O–H groups in total. The van der Waals surface area contributed by atoms with E-state index in [0.717, 1.165) is 12.1 Å². The van der Waals surface area contributed by atoms with Gasteiger partial charge in [0.2, 0.25) is 0 Å². The fraction of sp³-hybridized carbons (Fsp3) is 0.267. The summed E-state index contributed by atoms with van der Waals surface area (Å²) < 4.78 is 2.38. The molecule has 0 aliphatic rings. The normalized spacial score (nSPS) is 11.4. The average molecular weight is 284 g/mol. The van der Waals surface area contributed by atoms with Crippen LogP contribution in [0.3, 0.4) is 0 Å². The van der Waals surface area contributed by atoms with E-state index >= 15 is 0 Å². The summed E-state index contributed by atoms with van der Waals surface area (Å²) in [6.45, 7) is 4.13. The average Bonchev–Trinajstić information content (AvgIpc) is 2.87. The second-order valence-electron chi connectivity index (χ2n) is 5.43. The number of nitrogens with zero attached hydrogens (tertiary/aromatic N) is 3. The van der Waals surface area contributed by atoms with Gasteiger partial charge in [-0.15, -0.1) is 0 Å². The molecule has 6 heteroatoms. The highest BCUT2D eigenvalue weighted by Crippen LogP contribution is 2.07. The highest BCUT2D eigenvalue weighted by molar-refractivity contribution is 5.45. The first-order valence-corrected chi connectivity index (χ1v) is 6.85. The van der Waals surface area contributed by atoms with Crippen LogP contribution in [0.2, 0.25) is 0 Å². The molecule has 0 aliphatic carbocycles. The minimum Gasteiger partial charge on any atom is -0.266 e. The van der Waals surface area contributed by atoms with Crippen molar-refractivity contribution in [2.45, 2.75) is 20.3 Å². The second-order valence-corrected chi connectivity index (χ2v) is 5.43. The zero-order chi connectivity index (χ0) is 15.0. The Labute approximate surface area is 120 Å². The van der Waals surface area contributed by atoms with Gasteiger partial charge in [0, 0.05) is 0 Å². The van der Waals surface area contributed by atoms with Gasteiger partial charge in [0.1, 0.15) is 5.52 Å². The summed E-state index contributed by atoms with van der Waals surface area (Å²) in [7, 11) is 0. The Bertz CT molecular complexity index is 887. The van der Waals surface area contributed by atoms with Gasteiger partial charge in [-0.3, -0.25) is 9.89 Å². The lowest BCUT2D eigenvalue weighted by molar-refractivity contribution is 0.623. The van der Waals surface area contributed by atoms with Gasteiger partial charge in [0.05, 0.1) is 11.4 Å². The largest absolute Gasteiger partial charge is 0.368 e. The third-order valence-corrected chi connectivity index (χ3v) is 3.21. The quantitative estimate of drug-likeness (QED) is 0.789. The van der Waals surface area contributed by atoms with Crippen LogP contribution in [0.1, 0.15) is 19.5 Å². The number of benzene rings is 1. The van der Waals surface area contributed by atoms with Gasteiger partial charge in [0.25, 0.3) is 5.56 Å². The highest BCUT2D eigenvalue weighted by atomic mass is 16.2. The van der Waals surface area contributed by atoms with Crippen LogP contribution < -0.4 is 11.2 Å². The molecule has 3 rings (SSSR count). The lowest BCUT2D eigenvalue weighted by Crippen LogP contribution is -2.34. The molecule has 0 aliphatic heterocycles. The molecular formula is C15H16N4O2. The van der Waals surface area contributed by atoms with Gasteiger partial charge in [-0.2, -0.15) is 9.61 Å². The van der Waals surface area contributed by atoms with Crippen LogP contribution in [0.4, 0.5) is 0 Å². The van der Waals surface area contributed by atoms with Crippen LogP contribution in [0.5, 0.6) is 0 Å². The Balaban J connectivity index is 2.24. The van der Waals surface area contributed by atoms with Crippen molar-refractivity contribution in [1.29, 1.82) is 0 Å². The van der Waals surface area contributed by atoms with Gasteiger partial charge < -0.3 is 0 Å². The number of aromatic amines is 1. The predicted octanol–water partition coefficient (Wildman–Crippen LogP) is 1.37. The van der Waals surface area contributed by atoms with Crippen molar-refractivity contribution in [1.82, 2.24) is 19.4 Å². The first kappa shape index (κ1) is 13.4. The second kappa shape index (κ2) is 5.05. The number of para-hydroxylation sites is 1. The third-order valence-electron chi connectivity index (χ3n) is 3.21. The Kier molecular flexibility index (Phi) is 3.21. The Morgan fingerprint density at radius 1 is 1.19 bits per heavy atom.